The quantitative estimate of drug-likeness (QED) is 0.0216. The molecule has 2 aliphatic heterocycles. The van der Waals surface area contributed by atoms with E-state index in [0.29, 0.717) is 45.6 Å². The summed E-state index contributed by atoms with van der Waals surface area (Å²) in [7, 11) is 1.34. The summed E-state index contributed by atoms with van der Waals surface area (Å²) in [5, 5.41) is 70.1. The maximum atomic E-state index is 14.6. The van der Waals surface area contributed by atoms with Crippen LogP contribution in [0.2, 0.25) is 0 Å². The summed E-state index contributed by atoms with van der Waals surface area (Å²) < 4.78 is 0. The summed E-state index contributed by atoms with van der Waals surface area (Å²) in [4.78, 5) is 198. The van der Waals surface area contributed by atoms with Crippen LogP contribution in [0.15, 0.2) is 48.5 Å². The number of phenolic OH excluding ortho intramolecular Hbond substituents is 2. The van der Waals surface area contributed by atoms with E-state index in [-0.39, 0.29) is 101 Å². The van der Waals surface area contributed by atoms with E-state index in [9.17, 15) is 82.4 Å². The number of aliphatic carboxylic acids is 1. The highest BCUT2D eigenvalue weighted by Crippen LogP contribution is 2.28. The molecule has 2 fully saturated rings. The van der Waals surface area contributed by atoms with Crippen molar-refractivity contribution in [3.63, 3.8) is 0 Å². The van der Waals surface area contributed by atoms with Crippen molar-refractivity contribution in [2.75, 3.05) is 38.5 Å². The van der Waals surface area contributed by atoms with Gasteiger partial charge >= 0.3 is 5.97 Å². The lowest BCUT2D eigenvalue weighted by molar-refractivity contribution is -0.142. The number of guanidine groups is 1. The first-order chi connectivity index (χ1) is 49.2. The van der Waals surface area contributed by atoms with Gasteiger partial charge in [-0.15, -0.1) is 12.3 Å². The highest BCUT2D eigenvalue weighted by Gasteiger charge is 2.41. The van der Waals surface area contributed by atoms with Crippen molar-refractivity contribution in [3.8, 4) is 23.8 Å². The molecule has 104 heavy (non-hydrogen) atoms. The molecule has 2 aromatic rings. The topological polar surface area (TPSA) is 535 Å². The summed E-state index contributed by atoms with van der Waals surface area (Å²) in [6.07, 6.45) is 5.57. The number of phenols is 2. The van der Waals surface area contributed by atoms with Crippen LogP contribution in [0.25, 0.3) is 0 Å². The Morgan fingerprint density at radius 3 is 1.68 bits per heavy atom. The summed E-state index contributed by atoms with van der Waals surface area (Å²) in [5.74, 6) is -13.2. The number of hydrogen-bond acceptors (Lipinski definition) is 20. The number of rotatable bonds is 20. The molecule has 11 atom stereocenters. The molecule has 4 rings (SSSR count). The normalized spacial score (nSPS) is 24.2. The number of nitrogens with zero attached hydrogens (tertiary/aromatic N) is 1. The van der Waals surface area contributed by atoms with E-state index in [4.69, 9.17) is 23.3 Å². The number of carboxylic acids is 1. The number of hydrogen-bond donors (Lipinski definition) is 19. The van der Waals surface area contributed by atoms with E-state index < -0.39 is 185 Å². The second-order valence-corrected chi connectivity index (χ2v) is 28.8. The average Bonchev–Trinajstić information content (AvgIpc) is 1.61. The van der Waals surface area contributed by atoms with Gasteiger partial charge in [-0.25, -0.2) is 4.79 Å². The predicted molar refractivity (Wildman–Crippen MR) is 386 cm³/mol. The molecular weight excluding hydrogens is 1390 g/mol. The first-order valence-electron chi connectivity index (χ1n) is 34.4. The number of unbranched alkanes of at least 4 members (excludes halogenated alkanes) is 1. The first kappa shape index (κ1) is 86.5. The molecular formula is C68H101N17O17S2. The molecule has 0 saturated carbocycles. The van der Waals surface area contributed by atoms with E-state index >= 15 is 0 Å². The molecule has 2 saturated heterocycles. The van der Waals surface area contributed by atoms with Crippen LogP contribution in [0.5, 0.6) is 11.5 Å². The van der Waals surface area contributed by atoms with E-state index in [0.717, 1.165) is 0 Å². The lowest BCUT2D eigenvalue weighted by Gasteiger charge is -2.30. The van der Waals surface area contributed by atoms with Gasteiger partial charge in [-0.2, -0.15) is 0 Å². The highest BCUT2D eigenvalue weighted by atomic mass is 33.1. The van der Waals surface area contributed by atoms with Crippen LogP contribution in [0, 0.1) is 35.5 Å². The van der Waals surface area contributed by atoms with Gasteiger partial charge in [0.15, 0.2) is 11.3 Å². The van der Waals surface area contributed by atoms with Crippen LogP contribution in [0.3, 0.4) is 0 Å². The molecule has 34 nitrogen and oxygen atoms in total. The molecule has 572 valence electrons. The Labute approximate surface area is 611 Å². The molecule has 2 aliphatic rings. The van der Waals surface area contributed by atoms with Crippen LogP contribution in [-0.2, 0) is 80.0 Å². The van der Waals surface area contributed by atoms with Crippen LogP contribution in [-0.4, -0.2) is 213 Å². The summed E-state index contributed by atoms with van der Waals surface area (Å²) in [6, 6.07) is -3.04. The number of carbonyl (C=O) groups is 14. The lowest BCUT2D eigenvalue weighted by atomic mass is 9.99. The molecule has 0 bridgehead atoms. The molecule has 0 aliphatic carbocycles. The fourth-order valence-electron chi connectivity index (χ4n) is 10.9. The zero-order valence-electron chi connectivity index (χ0n) is 59.5. The third-order valence-electron chi connectivity index (χ3n) is 16.6. The van der Waals surface area contributed by atoms with Gasteiger partial charge in [0.2, 0.25) is 70.9 Å². The molecule has 1 unspecified atom stereocenters. The number of terminal acetylenes is 1. The molecule has 21 N–H and O–H groups in total. The van der Waals surface area contributed by atoms with Gasteiger partial charge in [-0.1, -0.05) is 87.4 Å². The number of amides is 13. The Bertz CT molecular complexity index is 3380. The van der Waals surface area contributed by atoms with Crippen molar-refractivity contribution in [1.82, 2.24) is 74.0 Å². The summed E-state index contributed by atoms with van der Waals surface area (Å²) >= 11 is 0. The van der Waals surface area contributed by atoms with Gasteiger partial charge in [0, 0.05) is 44.5 Å². The van der Waals surface area contributed by atoms with E-state index in [1.54, 1.807) is 41.5 Å². The molecule has 0 aromatic heterocycles. The molecule has 2 aromatic carbocycles. The standard InChI is InChI=1S/C68H101N17O17S2/c1-9-10-18-51(88)82-65-64(99)79-47(32-41-21-25-43(87)26-22-41)60(95)83-54(37(4)5)62(97)75-39(8)56(91)80-48(30-36(2)3)66(100)85-29-14-17-50(85)61(96)74-33-52(89)73-34-53(90)76-46(31-40-19-23-42(86)24-20-40)59(94)84-55(38(6)7)63(98)78-45(16-13-28-72-68(70)71)57(92)77-44(15-11-12-27-69)58(93)81-49(67(101)102)35-103-104-65/h1,19-26,36-39,44-50,54-55,65,86-87H,10-18,27-35,69H2,2-8H3,(H,73,89)(H,74,96)(H,75,97)(H,76,90)(H,77,92)(H,78,98)(H,79,99)(H,80,91)(H,81,93)(H,82,88)(H,83,95)(H,84,94)(H,101,102)(H4,70,71,72)/t39-,44-,45-,46-,47-,48-,49-,50-,54-,55-,65?/m0/s1. The Morgan fingerprint density at radius 2 is 1.14 bits per heavy atom. The minimum atomic E-state index is -1.76. The number of benzene rings is 2. The number of carboxylic acid groups (broad SMARTS) is 1. The van der Waals surface area contributed by atoms with Crippen molar-refractivity contribution in [3.05, 3.63) is 59.7 Å². The van der Waals surface area contributed by atoms with E-state index in [1.807, 2.05) is 0 Å². The maximum absolute atomic E-state index is 14.6. The molecule has 13 amide bonds. The number of nitrogens with two attached hydrogens (primary N) is 2. The van der Waals surface area contributed by atoms with Crippen LogP contribution >= 0.6 is 21.6 Å². The van der Waals surface area contributed by atoms with Crippen LogP contribution in [0.1, 0.15) is 124 Å². The maximum Gasteiger partial charge on any atom is 0.327 e. The average molecular weight is 1490 g/mol. The van der Waals surface area contributed by atoms with Crippen LogP contribution in [0.4, 0.5) is 0 Å². The van der Waals surface area contributed by atoms with Gasteiger partial charge < -0.3 is 101 Å². The van der Waals surface area contributed by atoms with Crippen molar-refractivity contribution in [2.24, 2.45) is 29.2 Å². The second kappa shape index (κ2) is 43.9. The third-order valence-corrected chi connectivity index (χ3v) is 19.1. The van der Waals surface area contributed by atoms with Crippen molar-refractivity contribution >= 4 is 110 Å². The highest BCUT2D eigenvalue weighted by molar-refractivity contribution is 8.77. The third kappa shape index (κ3) is 29.8. The smallest absolute Gasteiger partial charge is 0.327 e. The monoisotopic (exact) mass is 1490 g/mol. The number of carbonyl (C=O) groups excluding carboxylic acids is 13. The van der Waals surface area contributed by atoms with E-state index in [1.165, 1.54) is 60.4 Å². The van der Waals surface area contributed by atoms with Crippen LogP contribution < -0.4 is 80.6 Å². The first-order valence-corrected chi connectivity index (χ1v) is 36.7. The number of fused-ring (bicyclic) bond motifs is 1. The van der Waals surface area contributed by atoms with Crippen molar-refractivity contribution < 1.29 is 82.4 Å². The number of aromatic hydroxyl groups is 2. The Balaban J connectivity index is 1.80. The van der Waals surface area contributed by atoms with Gasteiger partial charge in [-0.3, -0.25) is 67.7 Å². The predicted octanol–water partition coefficient (Wildman–Crippen LogP) is -2.42. The second-order valence-electron chi connectivity index (χ2n) is 26.3. The molecule has 2 heterocycles. The minimum absolute atomic E-state index is 0.0256. The summed E-state index contributed by atoms with van der Waals surface area (Å²) in [5.41, 5.74) is 12.1. The number of nitrogens with one attached hydrogen (secondary N) is 14. The lowest BCUT2D eigenvalue weighted by Crippen LogP contribution is -2.60. The van der Waals surface area contributed by atoms with Crippen molar-refractivity contribution in [2.45, 2.75) is 191 Å². The minimum Gasteiger partial charge on any atom is -0.508 e. The van der Waals surface area contributed by atoms with Gasteiger partial charge in [0.25, 0.3) is 5.91 Å². The Hall–Kier alpha value is -9.89. The largest absolute Gasteiger partial charge is 0.508 e. The molecule has 0 spiro atoms. The van der Waals surface area contributed by atoms with E-state index in [2.05, 4.69) is 75.0 Å². The molecule has 36 heteroatoms. The fourth-order valence-corrected chi connectivity index (χ4v) is 13.2. The zero-order valence-corrected chi connectivity index (χ0v) is 61.1. The molecule has 0 radical (unpaired) electrons. The van der Waals surface area contributed by atoms with Gasteiger partial charge in [0.05, 0.1) is 13.1 Å². The fraction of sp³-hybridized carbons (Fsp3) is 0.574. The zero-order chi connectivity index (χ0) is 77.3. The Kier molecular flexibility index (Phi) is 36.5. The SMILES string of the molecule is C#CCCC(=O)NC1SSC[C@@H](C(=O)O)NC(=O)[C@H](CCCCN)NC(=O)[C@H](CCCNC(=N)N)NC(=O)[C@H](C(C)C)NC(=O)[C@H](Cc2ccc(O)cc2)NC(=O)CNC(=O)CNC(=O)[C@@H]2CCCN2C(=O)[C@H](CC(C)C)NC(=O)[C@H](C)NC(=O)[C@H](C(C)C)NC(=O)[C@H](Cc2ccc(O)cc2)NC1=O. The van der Waals surface area contributed by atoms with Gasteiger partial charge in [0.1, 0.15) is 71.9 Å². The van der Waals surface area contributed by atoms with Gasteiger partial charge in [-0.05, 0) is 118 Å². The Morgan fingerprint density at radius 1 is 0.635 bits per heavy atom. The summed E-state index contributed by atoms with van der Waals surface area (Å²) in [6.45, 7) is 10.1. The van der Waals surface area contributed by atoms with Crippen molar-refractivity contribution in [1.29, 1.82) is 5.41 Å².